The Morgan fingerprint density at radius 2 is 1.79 bits per heavy atom. The Morgan fingerprint density at radius 1 is 1.08 bits per heavy atom. The highest BCUT2D eigenvalue weighted by Gasteiger charge is 2.08. The van der Waals surface area contributed by atoms with Crippen molar-refractivity contribution >= 4 is 23.6 Å². The molecule has 0 aliphatic carbocycles. The molecule has 7 heteroatoms. The van der Waals surface area contributed by atoms with E-state index in [2.05, 4.69) is 0 Å². The monoisotopic (exact) mass is 349 g/mol. The first-order valence-electron chi connectivity index (χ1n) is 7.12. The van der Waals surface area contributed by atoms with Crippen LogP contribution >= 0.6 is 11.8 Å². The van der Waals surface area contributed by atoms with Gasteiger partial charge in [-0.15, -0.1) is 11.8 Å². The van der Waals surface area contributed by atoms with Crippen LogP contribution in [0.25, 0.3) is 0 Å². The molecule has 0 unspecified atom stereocenters. The average Bonchev–Trinajstić information content (AvgIpc) is 2.58. The van der Waals surface area contributed by atoms with Gasteiger partial charge in [0.15, 0.2) is 6.61 Å². The van der Waals surface area contributed by atoms with E-state index in [0.29, 0.717) is 22.0 Å². The van der Waals surface area contributed by atoms with Crippen molar-refractivity contribution in [1.82, 2.24) is 0 Å². The second kappa shape index (κ2) is 8.93. The standard InChI is InChI=1S/C17H16FNO4S/c18-14-3-1-2-4-15(14)24-10-9-22-17(21)12-5-7-13(8-6-12)23-11-16(19)20/h1-8H,9-11H2,(H2,19,20). The lowest BCUT2D eigenvalue weighted by Crippen LogP contribution is -2.20. The number of amides is 1. The maximum Gasteiger partial charge on any atom is 0.338 e. The Bertz CT molecular complexity index is 706. The van der Waals surface area contributed by atoms with Crippen molar-refractivity contribution in [2.24, 2.45) is 5.73 Å². The summed E-state index contributed by atoms with van der Waals surface area (Å²) in [4.78, 5) is 23.0. The molecule has 0 aromatic heterocycles. The summed E-state index contributed by atoms with van der Waals surface area (Å²) in [5.74, 6) is -0.468. The number of esters is 1. The molecule has 0 fully saturated rings. The molecule has 0 saturated heterocycles. The van der Waals surface area contributed by atoms with Gasteiger partial charge in [-0.2, -0.15) is 0 Å². The zero-order chi connectivity index (χ0) is 17.4. The zero-order valence-corrected chi connectivity index (χ0v) is 13.6. The van der Waals surface area contributed by atoms with Crippen LogP contribution in [0.4, 0.5) is 4.39 Å². The third-order valence-electron chi connectivity index (χ3n) is 2.88. The van der Waals surface area contributed by atoms with Crippen LogP contribution < -0.4 is 10.5 Å². The minimum Gasteiger partial charge on any atom is -0.484 e. The number of carbonyl (C=O) groups excluding carboxylic acids is 2. The molecule has 0 atom stereocenters. The predicted octanol–water partition coefficient (Wildman–Crippen LogP) is 2.64. The molecule has 2 aromatic rings. The van der Waals surface area contributed by atoms with Crippen LogP contribution in [0, 0.1) is 5.82 Å². The van der Waals surface area contributed by atoms with Crippen LogP contribution in [0.3, 0.4) is 0 Å². The largest absolute Gasteiger partial charge is 0.484 e. The van der Waals surface area contributed by atoms with Gasteiger partial charge >= 0.3 is 5.97 Å². The first-order chi connectivity index (χ1) is 11.6. The van der Waals surface area contributed by atoms with Crippen molar-refractivity contribution in [3.63, 3.8) is 0 Å². The molecule has 0 aliphatic heterocycles. The van der Waals surface area contributed by atoms with E-state index in [1.807, 2.05) is 0 Å². The number of rotatable bonds is 8. The number of halogens is 1. The van der Waals surface area contributed by atoms with Crippen molar-refractivity contribution in [1.29, 1.82) is 0 Å². The molecule has 0 radical (unpaired) electrons. The fraction of sp³-hybridized carbons (Fsp3) is 0.176. The smallest absolute Gasteiger partial charge is 0.338 e. The Hall–Kier alpha value is -2.54. The van der Waals surface area contributed by atoms with E-state index in [4.69, 9.17) is 15.2 Å². The van der Waals surface area contributed by atoms with Crippen molar-refractivity contribution in [3.8, 4) is 5.75 Å². The molecule has 0 aliphatic rings. The summed E-state index contributed by atoms with van der Waals surface area (Å²) in [5.41, 5.74) is 5.33. The zero-order valence-electron chi connectivity index (χ0n) is 12.7. The van der Waals surface area contributed by atoms with Crippen molar-refractivity contribution in [2.75, 3.05) is 19.0 Å². The number of benzene rings is 2. The molecular formula is C17H16FNO4S. The third kappa shape index (κ3) is 5.58. The first kappa shape index (κ1) is 17.8. The predicted molar refractivity (Wildman–Crippen MR) is 88.5 cm³/mol. The minimum absolute atomic E-state index is 0.164. The van der Waals surface area contributed by atoms with Gasteiger partial charge in [0, 0.05) is 10.6 Å². The fourth-order valence-corrected chi connectivity index (χ4v) is 2.54. The van der Waals surface area contributed by atoms with E-state index in [-0.39, 0.29) is 19.0 Å². The van der Waals surface area contributed by atoms with Crippen molar-refractivity contribution in [2.45, 2.75) is 4.90 Å². The number of ether oxygens (including phenoxy) is 2. The maximum absolute atomic E-state index is 13.4. The Morgan fingerprint density at radius 3 is 2.46 bits per heavy atom. The number of hydrogen-bond acceptors (Lipinski definition) is 5. The molecule has 24 heavy (non-hydrogen) atoms. The number of thioether (sulfide) groups is 1. The lowest BCUT2D eigenvalue weighted by Gasteiger charge is -2.07. The van der Waals surface area contributed by atoms with Gasteiger partial charge in [0.05, 0.1) is 5.56 Å². The van der Waals surface area contributed by atoms with Gasteiger partial charge in [-0.05, 0) is 36.4 Å². The van der Waals surface area contributed by atoms with Crippen LogP contribution in [0.1, 0.15) is 10.4 Å². The highest BCUT2D eigenvalue weighted by atomic mass is 32.2. The SMILES string of the molecule is NC(=O)COc1ccc(C(=O)OCCSc2ccccc2F)cc1. The molecule has 0 saturated carbocycles. The van der Waals surface area contributed by atoms with Crippen molar-refractivity contribution < 1.29 is 23.5 Å². The van der Waals surface area contributed by atoms with E-state index in [1.54, 1.807) is 30.3 Å². The van der Waals surface area contributed by atoms with E-state index < -0.39 is 11.9 Å². The molecule has 1 amide bonds. The van der Waals surface area contributed by atoms with E-state index in [9.17, 15) is 14.0 Å². The summed E-state index contributed by atoms with van der Waals surface area (Å²) in [6.07, 6.45) is 0. The van der Waals surface area contributed by atoms with E-state index in [1.165, 1.54) is 30.0 Å². The summed E-state index contributed by atoms with van der Waals surface area (Å²) in [6.45, 7) is -0.0607. The topological polar surface area (TPSA) is 78.6 Å². The Kier molecular flexibility index (Phi) is 6.62. The van der Waals surface area contributed by atoms with Gasteiger partial charge in [-0.1, -0.05) is 12.1 Å². The van der Waals surface area contributed by atoms with Gasteiger partial charge in [0.1, 0.15) is 18.2 Å². The highest BCUT2D eigenvalue weighted by Crippen LogP contribution is 2.21. The van der Waals surface area contributed by atoms with E-state index in [0.717, 1.165) is 0 Å². The molecule has 5 nitrogen and oxygen atoms in total. The fourth-order valence-electron chi connectivity index (χ4n) is 1.77. The summed E-state index contributed by atoms with van der Waals surface area (Å²) < 4.78 is 23.6. The lowest BCUT2D eigenvalue weighted by atomic mass is 10.2. The molecule has 0 spiro atoms. The molecular weight excluding hydrogens is 333 g/mol. The normalized spacial score (nSPS) is 10.2. The molecule has 2 rings (SSSR count). The average molecular weight is 349 g/mol. The summed E-state index contributed by atoms with van der Waals surface area (Å²) >= 11 is 1.28. The van der Waals surface area contributed by atoms with E-state index >= 15 is 0 Å². The molecule has 0 bridgehead atoms. The minimum atomic E-state index is -0.578. The first-order valence-corrected chi connectivity index (χ1v) is 8.10. The van der Waals surface area contributed by atoms with Crippen LogP contribution in [-0.4, -0.2) is 30.8 Å². The van der Waals surface area contributed by atoms with Crippen LogP contribution in [0.2, 0.25) is 0 Å². The Labute approximate surface area is 142 Å². The second-order valence-corrected chi connectivity index (χ2v) is 5.83. The highest BCUT2D eigenvalue weighted by molar-refractivity contribution is 7.99. The number of primary amides is 1. The summed E-state index contributed by atoms with van der Waals surface area (Å²) in [6, 6.07) is 12.6. The third-order valence-corrected chi connectivity index (χ3v) is 3.89. The quantitative estimate of drug-likeness (QED) is 0.450. The van der Waals surface area contributed by atoms with Crippen molar-refractivity contribution in [3.05, 3.63) is 59.9 Å². The number of hydrogen-bond donors (Lipinski definition) is 1. The lowest BCUT2D eigenvalue weighted by molar-refractivity contribution is -0.119. The summed E-state index contributed by atoms with van der Waals surface area (Å²) in [7, 11) is 0. The molecule has 2 N–H and O–H groups in total. The van der Waals surface area contributed by atoms with Gasteiger partial charge in [-0.3, -0.25) is 4.79 Å². The van der Waals surface area contributed by atoms with Crippen LogP contribution in [-0.2, 0) is 9.53 Å². The molecule has 126 valence electrons. The number of carbonyl (C=O) groups is 2. The van der Waals surface area contributed by atoms with Crippen LogP contribution in [0.5, 0.6) is 5.75 Å². The second-order valence-electron chi connectivity index (χ2n) is 4.69. The van der Waals surface area contributed by atoms with Gasteiger partial charge < -0.3 is 15.2 Å². The molecule has 2 aromatic carbocycles. The summed E-state index contributed by atoms with van der Waals surface area (Å²) in [5, 5.41) is 0. The van der Waals surface area contributed by atoms with Gasteiger partial charge in [0.2, 0.25) is 0 Å². The molecule has 0 heterocycles. The number of nitrogens with two attached hydrogens (primary N) is 1. The Balaban J connectivity index is 1.76. The van der Waals surface area contributed by atoms with Crippen LogP contribution in [0.15, 0.2) is 53.4 Å². The van der Waals surface area contributed by atoms with Gasteiger partial charge in [0.25, 0.3) is 5.91 Å². The maximum atomic E-state index is 13.4. The van der Waals surface area contributed by atoms with Gasteiger partial charge in [-0.25, -0.2) is 9.18 Å².